The van der Waals surface area contributed by atoms with Gasteiger partial charge in [-0.1, -0.05) is 26.0 Å². The molecular weight excluding hydrogens is 276 g/mol. The average molecular weight is 301 g/mol. The predicted molar refractivity (Wildman–Crippen MR) is 79.8 cm³/mol. The van der Waals surface area contributed by atoms with Gasteiger partial charge in [-0.15, -0.1) is 0 Å². The predicted octanol–water partition coefficient (Wildman–Crippen LogP) is 4.00. The molecule has 120 valence electrons. The van der Waals surface area contributed by atoms with E-state index in [2.05, 4.69) is 30.8 Å². The summed E-state index contributed by atoms with van der Waals surface area (Å²) in [5, 5.41) is 3.46. The molecule has 0 saturated carbocycles. The van der Waals surface area contributed by atoms with Crippen molar-refractivity contribution in [2.24, 2.45) is 5.41 Å². The van der Waals surface area contributed by atoms with Crippen LogP contribution in [0.5, 0.6) is 5.75 Å². The SMILES string of the molecule is COCCC(C)(C)CNC(C)c1ccc(OC(F)F)cc1. The van der Waals surface area contributed by atoms with Gasteiger partial charge in [0.1, 0.15) is 5.75 Å². The fraction of sp³-hybridized carbons (Fsp3) is 0.625. The molecule has 1 N–H and O–H groups in total. The Hall–Kier alpha value is -1.20. The minimum atomic E-state index is -2.78. The van der Waals surface area contributed by atoms with Crippen molar-refractivity contribution in [3.63, 3.8) is 0 Å². The smallest absolute Gasteiger partial charge is 0.387 e. The number of benzene rings is 1. The molecule has 0 aliphatic heterocycles. The first-order valence-corrected chi connectivity index (χ1v) is 7.11. The molecule has 21 heavy (non-hydrogen) atoms. The van der Waals surface area contributed by atoms with Gasteiger partial charge in [0.15, 0.2) is 0 Å². The van der Waals surface area contributed by atoms with Crippen LogP contribution >= 0.6 is 0 Å². The lowest BCUT2D eigenvalue weighted by Crippen LogP contribution is -2.32. The van der Waals surface area contributed by atoms with Crippen molar-refractivity contribution in [1.29, 1.82) is 0 Å². The van der Waals surface area contributed by atoms with Gasteiger partial charge in [-0.2, -0.15) is 8.78 Å². The van der Waals surface area contributed by atoms with E-state index in [1.807, 2.05) is 0 Å². The molecule has 0 radical (unpaired) electrons. The number of ether oxygens (including phenoxy) is 2. The zero-order chi connectivity index (χ0) is 15.9. The Kier molecular flexibility index (Phi) is 7.05. The minimum absolute atomic E-state index is 0.142. The molecule has 0 saturated heterocycles. The second-order valence-corrected chi connectivity index (χ2v) is 5.96. The molecule has 3 nitrogen and oxygen atoms in total. The third-order valence-corrected chi connectivity index (χ3v) is 3.48. The normalized spacial score (nSPS) is 13.5. The maximum Gasteiger partial charge on any atom is 0.387 e. The maximum atomic E-state index is 12.1. The molecule has 0 aliphatic rings. The number of alkyl halides is 2. The highest BCUT2D eigenvalue weighted by Gasteiger charge is 2.18. The summed E-state index contributed by atoms with van der Waals surface area (Å²) in [7, 11) is 1.70. The zero-order valence-electron chi connectivity index (χ0n) is 13.2. The first-order chi connectivity index (χ1) is 9.84. The van der Waals surface area contributed by atoms with Crippen LogP contribution in [0.15, 0.2) is 24.3 Å². The summed E-state index contributed by atoms with van der Waals surface area (Å²) < 4.78 is 33.6. The van der Waals surface area contributed by atoms with Crippen LogP contribution in [-0.2, 0) is 4.74 Å². The lowest BCUT2D eigenvalue weighted by Gasteiger charge is -2.27. The van der Waals surface area contributed by atoms with E-state index in [-0.39, 0.29) is 17.2 Å². The first kappa shape index (κ1) is 17.9. The standard InChI is InChI=1S/C16H25F2NO2/c1-12(19-11-16(2,3)9-10-20-4)13-5-7-14(8-6-13)21-15(17)18/h5-8,12,15,19H,9-11H2,1-4H3. The van der Waals surface area contributed by atoms with Crippen molar-refractivity contribution >= 4 is 0 Å². The summed E-state index contributed by atoms with van der Waals surface area (Å²) in [6, 6.07) is 6.88. The molecule has 1 aromatic rings. The summed E-state index contributed by atoms with van der Waals surface area (Å²) in [5.41, 5.74) is 1.18. The quantitative estimate of drug-likeness (QED) is 0.748. The maximum absolute atomic E-state index is 12.1. The van der Waals surface area contributed by atoms with E-state index in [0.29, 0.717) is 0 Å². The second-order valence-electron chi connectivity index (χ2n) is 5.96. The number of rotatable bonds is 9. The van der Waals surface area contributed by atoms with Gasteiger partial charge in [-0.25, -0.2) is 0 Å². The van der Waals surface area contributed by atoms with Crippen LogP contribution in [0.2, 0.25) is 0 Å². The number of methoxy groups -OCH3 is 1. The van der Waals surface area contributed by atoms with E-state index >= 15 is 0 Å². The summed E-state index contributed by atoms with van der Waals surface area (Å²) in [6.45, 7) is 5.23. The van der Waals surface area contributed by atoms with Gasteiger partial charge in [-0.05, 0) is 36.5 Å². The van der Waals surface area contributed by atoms with Crippen LogP contribution in [0.1, 0.15) is 38.8 Å². The van der Waals surface area contributed by atoms with E-state index in [1.54, 1.807) is 31.4 Å². The Bertz CT molecular complexity index is 407. The van der Waals surface area contributed by atoms with Gasteiger partial charge < -0.3 is 14.8 Å². The Morgan fingerprint density at radius 2 is 1.81 bits per heavy atom. The summed E-state index contributed by atoms with van der Waals surface area (Å²) >= 11 is 0. The van der Waals surface area contributed by atoms with Crippen LogP contribution in [0, 0.1) is 5.41 Å². The van der Waals surface area contributed by atoms with E-state index < -0.39 is 6.61 Å². The van der Waals surface area contributed by atoms with Crippen LogP contribution in [0.25, 0.3) is 0 Å². The van der Waals surface area contributed by atoms with Crippen molar-refractivity contribution in [3.05, 3.63) is 29.8 Å². The molecule has 1 atom stereocenters. The van der Waals surface area contributed by atoms with Crippen molar-refractivity contribution < 1.29 is 18.3 Å². The van der Waals surface area contributed by atoms with Crippen LogP contribution in [0.4, 0.5) is 8.78 Å². The van der Waals surface area contributed by atoms with Gasteiger partial charge in [0.05, 0.1) is 0 Å². The summed E-state index contributed by atoms with van der Waals surface area (Å²) in [6.07, 6.45) is 0.977. The molecule has 1 unspecified atom stereocenters. The van der Waals surface area contributed by atoms with Gasteiger partial charge in [-0.3, -0.25) is 0 Å². The van der Waals surface area contributed by atoms with Gasteiger partial charge in [0.25, 0.3) is 0 Å². The molecule has 0 aromatic heterocycles. The number of nitrogens with one attached hydrogen (secondary N) is 1. The molecule has 5 heteroatoms. The summed E-state index contributed by atoms with van der Waals surface area (Å²) in [5.74, 6) is 0.182. The van der Waals surface area contributed by atoms with Crippen LogP contribution < -0.4 is 10.1 Å². The third kappa shape index (κ3) is 6.87. The first-order valence-electron chi connectivity index (χ1n) is 7.11. The number of halogens is 2. The van der Waals surface area contributed by atoms with Crippen molar-refractivity contribution in [1.82, 2.24) is 5.32 Å². The molecule has 0 fully saturated rings. The lowest BCUT2D eigenvalue weighted by molar-refractivity contribution is -0.0498. The fourth-order valence-electron chi connectivity index (χ4n) is 1.95. The Morgan fingerprint density at radius 3 is 2.33 bits per heavy atom. The van der Waals surface area contributed by atoms with Crippen molar-refractivity contribution in [2.45, 2.75) is 39.8 Å². The Balaban J connectivity index is 2.49. The molecule has 1 rings (SSSR count). The van der Waals surface area contributed by atoms with E-state index in [9.17, 15) is 8.78 Å². The molecule has 1 aromatic carbocycles. The third-order valence-electron chi connectivity index (χ3n) is 3.48. The molecule has 0 spiro atoms. The zero-order valence-corrected chi connectivity index (χ0v) is 13.2. The second kappa shape index (κ2) is 8.29. The Morgan fingerprint density at radius 1 is 1.19 bits per heavy atom. The highest BCUT2D eigenvalue weighted by molar-refractivity contribution is 5.28. The van der Waals surface area contributed by atoms with Crippen LogP contribution in [0.3, 0.4) is 0 Å². The van der Waals surface area contributed by atoms with Gasteiger partial charge in [0.2, 0.25) is 0 Å². The molecule has 0 bridgehead atoms. The average Bonchev–Trinajstić information content (AvgIpc) is 2.43. The van der Waals surface area contributed by atoms with E-state index in [4.69, 9.17) is 4.74 Å². The van der Waals surface area contributed by atoms with Gasteiger partial charge in [0, 0.05) is 26.3 Å². The molecule has 0 amide bonds. The topological polar surface area (TPSA) is 30.5 Å². The largest absolute Gasteiger partial charge is 0.435 e. The van der Waals surface area contributed by atoms with E-state index in [0.717, 1.165) is 25.1 Å². The summed E-state index contributed by atoms with van der Waals surface area (Å²) in [4.78, 5) is 0. The number of hydrogen-bond donors (Lipinski definition) is 1. The molecular formula is C16H25F2NO2. The van der Waals surface area contributed by atoms with Crippen molar-refractivity contribution in [3.8, 4) is 5.75 Å². The lowest BCUT2D eigenvalue weighted by atomic mass is 9.89. The molecule has 0 heterocycles. The van der Waals surface area contributed by atoms with E-state index in [1.165, 1.54) is 0 Å². The highest BCUT2D eigenvalue weighted by Crippen LogP contribution is 2.22. The fourth-order valence-corrected chi connectivity index (χ4v) is 1.95. The number of hydrogen-bond acceptors (Lipinski definition) is 3. The molecule has 0 aliphatic carbocycles. The van der Waals surface area contributed by atoms with Gasteiger partial charge >= 0.3 is 6.61 Å². The minimum Gasteiger partial charge on any atom is -0.435 e. The van der Waals surface area contributed by atoms with Crippen LogP contribution in [-0.4, -0.2) is 26.9 Å². The highest BCUT2D eigenvalue weighted by atomic mass is 19.3. The van der Waals surface area contributed by atoms with Crippen molar-refractivity contribution in [2.75, 3.05) is 20.3 Å². The monoisotopic (exact) mass is 301 g/mol. The Labute approximate surface area is 125 Å².